The summed E-state index contributed by atoms with van der Waals surface area (Å²) in [7, 11) is 0. The monoisotopic (exact) mass is 279 g/mol. The normalized spacial score (nSPS) is 11.1. The summed E-state index contributed by atoms with van der Waals surface area (Å²) >= 11 is 0. The quantitative estimate of drug-likeness (QED) is 0.743. The molecule has 0 aliphatic carbocycles. The van der Waals surface area contributed by atoms with Gasteiger partial charge in [-0.2, -0.15) is 0 Å². The third kappa shape index (κ3) is 6.06. The Balaban J connectivity index is 2.38. The lowest BCUT2D eigenvalue weighted by Crippen LogP contribution is -2.36. The molecule has 112 valence electrons. The summed E-state index contributed by atoms with van der Waals surface area (Å²) < 4.78 is 5.73. The second-order valence-electron chi connectivity index (χ2n) is 5.48. The first-order chi connectivity index (χ1) is 9.38. The number of aryl methyl sites for hydroxylation is 2. The first-order valence-corrected chi connectivity index (χ1v) is 7.05. The third-order valence-corrected chi connectivity index (χ3v) is 3.12. The van der Waals surface area contributed by atoms with Crippen LogP contribution in [0.5, 0.6) is 5.75 Å². The average molecular weight is 279 g/mol. The summed E-state index contributed by atoms with van der Waals surface area (Å²) in [4.78, 5) is 12.7. The maximum absolute atomic E-state index is 10.8. The molecule has 0 aliphatic heterocycles. The van der Waals surface area contributed by atoms with Crippen molar-refractivity contribution in [2.24, 2.45) is 0 Å². The molecular weight excluding hydrogens is 254 g/mol. The van der Waals surface area contributed by atoms with Crippen molar-refractivity contribution in [2.45, 2.75) is 40.2 Å². The van der Waals surface area contributed by atoms with Crippen molar-refractivity contribution in [1.29, 1.82) is 0 Å². The van der Waals surface area contributed by atoms with Crippen LogP contribution in [0, 0.1) is 13.8 Å². The van der Waals surface area contributed by atoms with Gasteiger partial charge in [-0.1, -0.05) is 6.07 Å². The van der Waals surface area contributed by atoms with E-state index in [1.165, 1.54) is 11.1 Å². The first kappa shape index (κ1) is 16.5. The number of rotatable bonds is 8. The second-order valence-corrected chi connectivity index (χ2v) is 5.48. The molecule has 4 heteroatoms. The first-order valence-electron chi connectivity index (χ1n) is 7.05. The summed E-state index contributed by atoms with van der Waals surface area (Å²) in [6, 6.07) is 6.38. The van der Waals surface area contributed by atoms with Crippen LogP contribution in [0.1, 0.15) is 31.4 Å². The number of benzene rings is 1. The van der Waals surface area contributed by atoms with Crippen LogP contribution in [0.4, 0.5) is 0 Å². The number of nitrogens with zero attached hydrogens (tertiary/aromatic N) is 1. The zero-order valence-corrected chi connectivity index (χ0v) is 12.8. The molecule has 0 aromatic heterocycles. The molecule has 20 heavy (non-hydrogen) atoms. The molecule has 1 N–H and O–H groups in total. The van der Waals surface area contributed by atoms with Gasteiger partial charge in [0.15, 0.2) is 0 Å². The van der Waals surface area contributed by atoms with Crippen molar-refractivity contribution in [3.63, 3.8) is 0 Å². The topological polar surface area (TPSA) is 49.8 Å². The molecule has 0 aliphatic rings. The largest absolute Gasteiger partial charge is 0.494 e. The minimum atomic E-state index is -0.783. The van der Waals surface area contributed by atoms with Gasteiger partial charge in [0, 0.05) is 12.6 Å². The van der Waals surface area contributed by atoms with Gasteiger partial charge in [0.2, 0.25) is 0 Å². The Morgan fingerprint density at radius 1 is 1.25 bits per heavy atom. The number of carboxylic acids is 1. The molecule has 0 unspecified atom stereocenters. The zero-order chi connectivity index (χ0) is 15.1. The van der Waals surface area contributed by atoms with Gasteiger partial charge >= 0.3 is 5.97 Å². The SMILES string of the molecule is Cc1cc(C)cc(OCCCN(CC(=O)O)C(C)C)c1. The van der Waals surface area contributed by atoms with E-state index in [9.17, 15) is 4.79 Å². The zero-order valence-electron chi connectivity index (χ0n) is 12.8. The van der Waals surface area contributed by atoms with Crippen LogP contribution in [0.15, 0.2) is 18.2 Å². The van der Waals surface area contributed by atoms with Gasteiger partial charge < -0.3 is 9.84 Å². The number of hydrogen-bond donors (Lipinski definition) is 1. The molecule has 0 amide bonds. The molecule has 0 atom stereocenters. The van der Waals surface area contributed by atoms with E-state index in [1.807, 2.05) is 44.7 Å². The van der Waals surface area contributed by atoms with E-state index in [2.05, 4.69) is 6.07 Å². The molecule has 0 fully saturated rings. The van der Waals surface area contributed by atoms with Crippen LogP contribution in [0.3, 0.4) is 0 Å². The predicted molar refractivity (Wildman–Crippen MR) is 80.4 cm³/mol. The van der Waals surface area contributed by atoms with Crippen molar-refractivity contribution in [1.82, 2.24) is 4.90 Å². The molecule has 0 saturated heterocycles. The van der Waals surface area contributed by atoms with E-state index in [0.717, 1.165) is 18.7 Å². The van der Waals surface area contributed by atoms with Crippen molar-refractivity contribution < 1.29 is 14.6 Å². The summed E-state index contributed by atoms with van der Waals surface area (Å²) in [6.07, 6.45) is 0.818. The highest BCUT2D eigenvalue weighted by Crippen LogP contribution is 2.16. The Kier molecular flexibility index (Phi) is 6.52. The van der Waals surface area contributed by atoms with E-state index in [4.69, 9.17) is 9.84 Å². The van der Waals surface area contributed by atoms with Crippen LogP contribution in [0.2, 0.25) is 0 Å². The van der Waals surface area contributed by atoms with E-state index < -0.39 is 5.97 Å². The standard InChI is InChI=1S/C16H25NO3/c1-12(2)17(11-16(18)19)6-5-7-20-15-9-13(3)8-14(4)10-15/h8-10,12H,5-7,11H2,1-4H3,(H,18,19). The highest BCUT2D eigenvalue weighted by Gasteiger charge is 2.12. The molecular formula is C16H25NO3. The third-order valence-electron chi connectivity index (χ3n) is 3.12. The van der Waals surface area contributed by atoms with Crippen molar-refractivity contribution in [3.05, 3.63) is 29.3 Å². The Hall–Kier alpha value is -1.55. The highest BCUT2D eigenvalue weighted by molar-refractivity contribution is 5.69. The van der Waals surface area contributed by atoms with E-state index in [0.29, 0.717) is 6.61 Å². The van der Waals surface area contributed by atoms with Gasteiger partial charge in [0.25, 0.3) is 0 Å². The highest BCUT2D eigenvalue weighted by atomic mass is 16.5. The fraction of sp³-hybridized carbons (Fsp3) is 0.562. The van der Waals surface area contributed by atoms with Crippen molar-refractivity contribution in [3.8, 4) is 5.75 Å². The number of carbonyl (C=O) groups is 1. The Morgan fingerprint density at radius 3 is 2.35 bits per heavy atom. The minimum Gasteiger partial charge on any atom is -0.494 e. The predicted octanol–water partition coefficient (Wildman–Crippen LogP) is 2.87. The molecule has 1 aromatic carbocycles. The van der Waals surface area contributed by atoms with Crippen molar-refractivity contribution >= 4 is 5.97 Å². The minimum absolute atomic E-state index is 0.0845. The number of aliphatic carboxylic acids is 1. The lowest BCUT2D eigenvalue weighted by atomic mass is 10.1. The van der Waals surface area contributed by atoms with Crippen LogP contribution in [-0.4, -0.2) is 41.7 Å². The fourth-order valence-electron chi connectivity index (χ4n) is 2.17. The Labute approximate surface area is 121 Å². The molecule has 0 heterocycles. The molecule has 0 radical (unpaired) electrons. The second kappa shape index (κ2) is 7.90. The molecule has 0 bridgehead atoms. The van der Waals surface area contributed by atoms with E-state index in [1.54, 1.807) is 0 Å². The molecule has 0 saturated carbocycles. The maximum Gasteiger partial charge on any atom is 0.317 e. The fourth-order valence-corrected chi connectivity index (χ4v) is 2.17. The maximum atomic E-state index is 10.8. The lowest BCUT2D eigenvalue weighted by Gasteiger charge is -2.24. The van der Waals surface area contributed by atoms with Gasteiger partial charge in [0.1, 0.15) is 5.75 Å². The summed E-state index contributed by atoms with van der Waals surface area (Å²) in [5, 5.41) is 8.86. The van der Waals surface area contributed by atoms with Crippen LogP contribution >= 0.6 is 0 Å². The van der Waals surface area contributed by atoms with E-state index >= 15 is 0 Å². The van der Waals surface area contributed by atoms with Gasteiger partial charge in [-0.25, -0.2) is 0 Å². The number of carboxylic acid groups (broad SMARTS) is 1. The van der Waals surface area contributed by atoms with Gasteiger partial charge in [0.05, 0.1) is 13.2 Å². The summed E-state index contributed by atoms with van der Waals surface area (Å²) in [6.45, 7) is 9.53. The lowest BCUT2D eigenvalue weighted by molar-refractivity contribution is -0.138. The van der Waals surface area contributed by atoms with Crippen LogP contribution in [-0.2, 0) is 4.79 Å². The molecule has 0 spiro atoms. The van der Waals surface area contributed by atoms with Crippen LogP contribution < -0.4 is 4.74 Å². The Bertz CT molecular complexity index is 423. The molecule has 4 nitrogen and oxygen atoms in total. The smallest absolute Gasteiger partial charge is 0.317 e. The summed E-state index contributed by atoms with van der Waals surface area (Å²) in [5.41, 5.74) is 2.38. The van der Waals surface area contributed by atoms with Gasteiger partial charge in [-0.15, -0.1) is 0 Å². The van der Waals surface area contributed by atoms with Gasteiger partial charge in [-0.05, 0) is 57.4 Å². The Morgan fingerprint density at radius 2 is 1.85 bits per heavy atom. The van der Waals surface area contributed by atoms with E-state index in [-0.39, 0.29) is 12.6 Å². The van der Waals surface area contributed by atoms with Crippen molar-refractivity contribution in [2.75, 3.05) is 19.7 Å². The molecule has 1 aromatic rings. The number of hydrogen-bond acceptors (Lipinski definition) is 3. The van der Waals surface area contributed by atoms with Crippen LogP contribution in [0.25, 0.3) is 0 Å². The number of ether oxygens (including phenoxy) is 1. The summed E-state index contributed by atoms with van der Waals surface area (Å²) in [5.74, 6) is 0.103. The van der Waals surface area contributed by atoms with Gasteiger partial charge in [-0.3, -0.25) is 9.69 Å². The average Bonchev–Trinajstić information content (AvgIpc) is 2.31. The molecule has 1 rings (SSSR count).